The molecule has 0 saturated carbocycles. The Labute approximate surface area is 132 Å². The number of aromatic hydroxyl groups is 1. The molecular formula is C18H14N2O3. The van der Waals surface area contributed by atoms with Gasteiger partial charge in [-0.05, 0) is 0 Å². The smallest absolute Gasteiger partial charge is 0.349 e. The van der Waals surface area contributed by atoms with E-state index in [0.29, 0.717) is 11.1 Å². The van der Waals surface area contributed by atoms with Crippen molar-refractivity contribution in [3.05, 3.63) is 88.3 Å². The molecule has 0 bridgehead atoms. The molecule has 0 spiro atoms. The van der Waals surface area contributed by atoms with E-state index in [1.807, 2.05) is 24.3 Å². The van der Waals surface area contributed by atoms with Crippen molar-refractivity contribution in [2.75, 3.05) is 0 Å². The molecule has 23 heavy (non-hydrogen) atoms. The van der Waals surface area contributed by atoms with Crippen LogP contribution in [-0.4, -0.2) is 10.8 Å². The highest BCUT2D eigenvalue weighted by Gasteiger charge is 2.19. The summed E-state index contributed by atoms with van der Waals surface area (Å²) in [4.78, 5) is 12.3. The van der Waals surface area contributed by atoms with Gasteiger partial charge in [-0.1, -0.05) is 60.7 Å². The van der Waals surface area contributed by atoms with Gasteiger partial charge in [0.15, 0.2) is 0 Å². The zero-order valence-electron chi connectivity index (χ0n) is 12.1. The minimum atomic E-state index is -0.697. The second-order valence-electron chi connectivity index (χ2n) is 4.87. The van der Waals surface area contributed by atoms with Crippen LogP contribution in [0.3, 0.4) is 0 Å². The Hall–Kier alpha value is -3.34. The van der Waals surface area contributed by atoms with Crippen LogP contribution in [0.5, 0.6) is 5.75 Å². The molecule has 0 aliphatic carbocycles. The molecule has 2 aromatic carbocycles. The van der Waals surface area contributed by atoms with E-state index in [9.17, 15) is 9.90 Å². The van der Waals surface area contributed by atoms with E-state index >= 15 is 0 Å². The lowest BCUT2D eigenvalue weighted by molar-refractivity contribution is 0.451. The van der Waals surface area contributed by atoms with E-state index in [-0.39, 0.29) is 22.8 Å². The molecule has 0 atom stereocenters. The Morgan fingerprint density at radius 2 is 1.61 bits per heavy atom. The monoisotopic (exact) mass is 306 g/mol. The molecule has 1 aromatic heterocycles. The average molecular weight is 306 g/mol. The standard InChI is InChI=1S/C18H14N2O3/c19-20-17(13-9-5-2-6-10-13)16-14(21)11-15(23-18(16)22)12-7-3-1-4-8-12/h1-11,21H,19H2/b20-17+. The predicted octanol–water partition coefficient (Wildman–Crippen LogP) is 2.72. The number of hydrogen-bond acceptors (Lipinski definition) is 5. The predicted molar refractivity (Wildman–Crippen MR) is 88.3 cm³/mol. The fourth-order valence-corrected chi connectivity index (χ4v) is 2.32. The molecule has 0 aliphatic heterocycles. The second kappa shape index (κ2) is 6.19. The topological polar surface area (TPSA) is 88.8 Å². The van der Waals surface area contributed by atoms with Gasteiger partial charge in [0.05, 0.1) is 0 Å². The first-order chi connectivity index (χ1) is 11.2. The summed E-state index contributed by atoms with van der Waals surface area (Å²) < 4.78 is 5.33. The molecule has 114 valence electrons. The highest BCUT2D eigenvalue weighted by Crippen LogP contribution is 2.25. The molecule has 0 fully saturated rings. The Kier molecular flexibility index (Phi) is 3.93. The van der Waals surface area contributed by atoms with Crippen molar-refractivity contribution in [3.63, 3.8) is 0 Å². The Morgan fingerprint density at radius 1 is 1.00 bits per heavy atom. The van der Waals surface area contributed by atoms with Crippen LogP contribution in [0.2, 0.25) is 0 Å². The molecule has 3 N–H and O–H groups in total. The molecule has 3 rings (SSSR count). The van der Waals surface area contributed by atoms with Crippen molar-refractivity contribution >= 4 is 5.71 Å². The van der Waals surface area contributed by atoms with Crippen molar-refractivity contribution in [3.8, 4) is 17.1 Å². The summed E-state index contributed by atoms with van der Waals surface area (Å²) in [5.74, 6) is 5.47. The minimum absolute atomic E-state index is 0.0571. The molecule has 1 heterocycles. The van der Waals surface area contributed by atoms with Crippen LogP contribution in [0.15, 0.2) is 81.0 Å². The van der Waals surface area contributed by atoms with Crippen molar-refractivity contribution in [1.82, 2.24) is 0 Å². The van der Waals surface area contributed by atoms with E-state index in [2.05, 4.69) is 5.10 Å². The maximum Gasteiger partial charge on any atom is 0.349 e. The van der Waals surface area contributed by atoms with E-state index in [4.69, 9.17) is 10.3 Å². The third-order valence-corrected chi connectivity index (χ3v) is 3.40. The first-order valence-electron chi connectivity index (χ1n) is 6.97. The van der Waals surface area contributed by atoms with Crippen LogP contribution >= 0.6 is 0 Å². The summed E-state index contributed by atoms with van der Waals surface area (Å²) in [6.45, 7) is 0. The van der Waals surface area contributed by atoms with Crippen LogP contribution in [0.25, 0.3) is 11.3 Å². The van der Waals surface area contributed by atoms with E-state index in [1.165, 1.54) is 6.07 Å². The number of hydrazone groups is 1. The summed E-state index contributed by atoms with van der Waals surface area (Å²) in [7, 11) is 0. The minimum Gasteiger partial charge on any atom is -0.507 e. The lowest BCUT2D eigenvalue weighted by Gasteiger charge is -2.08. The molecule has 5 heteroatoms. The van der Waals surface area contributed by atoms with Crippen molar-refractivity contribution in [2.24, 2.45) is 10.9 Å². The molecule has 0 amide bonds. The van der Waals surface area contributed by atoms with Gasteiger partial charge < -0.3 is 15.4 Å². The van der Waals surface area contributed by atoms with Crippen LogP contribution in [0, 0.1) is 0 Å². The fraction of sp³-hybridized carbons (Fsp3) is 0. The summed E-state index contributed by atoms with van der Waals surface area (Å²) in [6, 6.07) is 19.3. The number of nitrogens with two attached hydrogens (primary N) is 1. The summed E-state index contributed by atoms with van der Waals surface area (Å²) in [5, 5.41) is 13.9. The quantitative estimate of drug-likeness (QED) is 0.442. The summed E-state index contributed by atoms with van der Waals surface area (Å²) >= 11 is 0. The molecule has 0 unspecified atom stereocenters. The third-order valence-electron chi connectivity index (χ3n) is 3.40. The van der Waals surface area contributed by atoms with Crippen molar-refractivity contribution in [1.29, 1.82) is 0 Å². The molecule has 0 saturated heterocycles. The highest BCUT2D eigenvalue weighted by atomic mass is 16.4. The first-order valence-corrected chi connectivity index (χ1v) is 6.97. The maximum absolute atomic E-state index is 12.3. The number of nitrogens with zero attached hydrogens (tertiary/aromatic N) is 1. The van der Waals surface area contributed by atoms with Crippen LogP contribution in [0.4, 0.5) is 0 Å². The highest BCUT2D eigenvalue weighted by molar-refractivity contribution is 6.14. The van der Waals surface area contributed by atoms with Gasteiger partial charge in [-0.25, -0.2) is 4.79 Å². The Morgan fingerprint density at radius 3 is 2.17 bits per heavy atom. The van der Waals surface area contributed by atoms with Crippen LogP contribution in [0.1, 0.15) is 11.1 Å². The van der Waals surface area contributed by atoms with Gasteiger partial charge in [-0.3, -0.25) is 0 Å². The number of rotatable bonds is 3. The van der Waals surface area contributed by atoms with Crippen LogP contribution < -0.4 is 11.5 Å². The van der Waals surface area contributed by atoms with Gasteiger partial charge in [0.2, 0.25) is 0 Å². The SMILES string of the molecule is N/N=C(\c1ccccc1)c1c(O)cc(-c2ccccc2)oc1=O. The third kappa shape index (κ3) is 2.85. The molecule has 0 radical (unpaired) electrons. The van der Waals surface area contributed by atoms with E-state index in [0.717, 1.165) is 0 Å². The molecular weight excluding hydrogens is 292 g/mol. The largest absolute Gasteiger partial charge is 0.507 e. The maximum atomic E-state index is 12.3. The number of benzene rings is 2. The van der Waals surface area contributed by atoms with Crippen molar-refractivity contribution in [2.45, 2.75) is 0 Å². The zero-order chi connectivity index (χ0) is 16.2. The van der Waals surface area contributed by atoms with Gasteiger partial charge in [0.25, 0.3) is 0 Å². The van der Waals surface area contributed by atoms with Gasteiger partial charge in [-0.15, -0.1) is 0 Å². The lowest BCUT2D eigenvalue weighted by atomic mass is 10.0. The fourth-order valence-electron chi connectivity index (χ4n) is 2.32. The van der Waals surface area contributed by atoms with Crippen LogP contribution in [-0.2, 0) is 0 Å². The molecule has 0 aliphatic rings. The van der Waals surface area contributed by atoms with E-state index in [1.54, 1.807) is 36.4 Å². The van der Waals surface area contributed by atoms with Gasteiger partial charge in [0.1, 0.15) is 22.8 Å². The van der Waals surface area contributed by atoms with Gasteiger partial charge in [0, 0.05) is 17.2 Å². The lowest BCUT2D eigenvalue weighted by Crippen LogP contribution is -2.17. The Bertz CT molecular complexity index is 901. The van der Waals surface area contributed by atoms with Crippen molar-refractivity contribution < 1.29 is 9.52 Å². The average Bonchev–Trinajstić information content (AvgIpc) is 2.59. The molecule has 3 aromatic rings. The molecule has 5 nitrogen and oxygen atoms in total. The number of hydrogen-bond donors (Lipinski definition) is 2. The van der Waals surface area contributed by atoms with Gasteiger partial charge in [-0.2, -0.15) is 5.10 Å². The second-order valence-corrected chi connectivity index (χ2v) is 4.87. The zero-order valence-corrected chi connectivity index (χ0v) is 12.1. The first kappa shape index (κ1) is 14.6. The summed E-state index contributed by atoms with van der Waals surface area (Å²) in [6.07, 6.45) is 0. The summed E-state index contributed by atoms with van der Waals surface area (Å²) in [5.41, 5.74) is 0.731. The Balaban J connectivity index is 2.13. The normalized spacial score (nSPS) is 11.4. The van der Waals surface area contributed by atoms with Gasteiger partial charge >= 0.3 is 5.63 Å². The van der Waals surface area contributed by atoms with E-state index < -0.39 is 5.63 Å².